The molecule has 21 heavy (non-hydrogen) atoms. The highest BCUT2D eigenvalue weighted by Gasteiger charge is 2.09. The third-order valence-corrected chi connectivity index (χ3v) is 3.10. The molecule has 3 aromatic rings. The van der Waals surface area contributed by atoms with Gasteiger partial charge in [-0.1, -0.05) is 17.7 Å². The van der Waals surface area contributed by atoms with Crippen LogP contribution >= 0.6 is 0 Å². The number of rotatable bonds is 2. The maximum atomic E-state index is 12.0. The lowest BCUT2D eigenvalue weighted by Crippen LogP contribution is -2.09. The fraction of sp³-hybridized carbons (Fsp3) is 0.0667. The van der Waals surface area contributed by atoms with Crippen LogP contribution in [0.15, 0.2) is 51.7 Å². The molecule has 0 amide bonds. The molecule has 1 N–H and O–H groups in total. The van der Waals surface area contributed by atoms with Crippen molar-refractivity contribution in [2.45, 2.75) is 6.92 Å². The highest BCUT2D eigenvalue weighted by Crippen LogP contribution is 2.22. The van der Waals surface area contributed by atoms with Crippen LogP contribution in [-0.2, 0) is 0 Å². The molecule has 2 aromatic carbocycles. The van der Waals surface area contributed by atoms with Gasteiger partial charge in [0.1, 0.15) is 0 Å². The van der Waals surface area contributed by atoms with Crippen molar-refractivity contribution in [2.24, 2.45) is 0 Å². The van der Waals surface area contributed by atoms with E-state index in [1.165, 1.54) is 18.2 Å². The van der Waals surface area contributed by atoms with Gasteiger partial charge in [-0.15, -0.1) is 0 Å². The minimum Gasteiger partial charge on any atom is -0.733 e. The van der Waals surface area contributed by atoms with E-state index in [0.29, 0.717) is 11.1 Å². The number of anilines is 1. The molecule has 106 valence electrons. The lowest BCUT2D eigenvalue weighted by atomic mass is 10.1. The predicted octanol–water partition coefficient (Wildman–Crippen LogP) is 2.86. The maximum absolute atomic E-state index is 12.0. The summed E-state index contributed by atoms with van der Waals surface area (Å²) < 4.78 is 5.20. The Balaban J connectivity index is 2.20. The Morgan fingerprint density at radius 2 is 2.05 bits per heavy atom. The third kappa shape index (κ3) is 2.49. The average Bonchev–Trinajstić information content (AvgIpc) is 2.46. The average molecular weight is 283 g/mol. The molecule has 0 spiro atoms. The van der Waals surface area contributed by atoms with Gasteiger partial charge in [0.25, 0.3) is 0 Å². The van der Waals surface area contributed by atoms with Crippen molar-refractivity contribution in [2.75, 3.05) is 5.23 Å². The van der Waals surface area contributed by atoms with Crippen LogP contribution in [0.1, 0.15) is 5.56 Å². The minimum absolute atomic E-state index is 0.0556. The third-order valence-electron chi connectivity index (χ3n) is 3.10. The summed E-state index contributed by atoms with van der Waals surface area (Å²) in [6.45, 7) is 1.93. The van der Waals surface area contributed by atoms with E-state index >= 15 is 0 Å². The SMILES string of the molecule is Cc1cccc(-c2nc3ccc(N([O-])O)cc3c(=O)o2)c1. The number of nitrogens with zero attached hydrogens (tertiary/aromatic N) is 2. The Bertz CT molecular complexity index is 871. The van der Waals surface area contributed by atoms with Crippen LogP contribution < -0.4 is 10.9 Å². The highest BCUT2D eigenvalue weighted by molar-refractivity contribution is 5.82. The predicted molar refractivity (Wildman–Crippen MR) is 78.1 cm³/mol. The molecule has 0 saturated carbocycles. The topological polar surface area (TPSA) is 89.6 Å². The molecule has 6 heteroatoms. The Morgan fingerprint density at radius 1 is 1.24 bits per heavy atom. The van der Waals surface area contributed by atoms with E-state index in [4.69, 9.17) is 9.62 Å². The van der Waals surface area contributed by atoms with Crippen LogP contribution in [0, 0.1) is 12.1 Å². The van der Waals surface area contributed by atoms with E-state index in [1.54, 1.807) is 6.07 Å². The fourth-order valence-electron chi connectivity index (χ4n) is 2.08. The summed E-state index contributed by atoms with van der Waals surface area (Å²) in [5.74, 6) is 0.215. The van der Waals surface area contributed by atoms with Crippen LogP contribution in [0.25, 0.3) is 22.4 Å². The molecule has 0 unspecified atom stereocenters. The monoisotopic (exact) mass is 283 g/mol. The summed E-state index contributed by atoms with van der Waals surface area (Å²) >= 11 is 0. The molecule has 0 radical (unpaired) electrons. The van der Waals surface area contributed by atoms with Crippen LogP contribution in [0.2, 0.25) is 0 Å². The van der Waals surface area contributed by atoms with Gasteiger partial charge in [-0.3, -0.25) is 5.21 Å². The molecular formula is C15H11N2O4-. The van der Waals surface area contributed by atoms with E-state index < -0.39 is 5.63 Å². The van der Waals surface area contributed by atoms with Gasteiger partial charge in [0.2, 0.25) is 5.89 Å². The second-order valence-corrected chi connectivity index (χ2v) is 4.65. The molecule has 1 aromatic heterocycles. The van der Waals surface area contributed by atoms with Crippen molar-refractivity contribution >= 4 is 16.6 Å². The first-order valence-electron chi connectivity index (χ1n) is 6.23. The van der Waals surface area contributed by atoms with Crippen LogP contribution in [0.4, 0.5) is 5.69 Å². The molecule has 0 saturated heterocycles. The number of hydrogen-bond donors (Lipinski definition) is 1. The zero-order valence-electron chi connectivity index (χ0n) is 11.1. The standard InChI is InChI=1S/C15H11N2O4/c1-9-3-2-4-10(7-9)14-16-13-6-5-11(17(19)20)8-12(13)15(18)21-14/h2-8,19H,1H3/q-1. The van der Waals surface area contributed by atoms with Crippen molar-refractivity contribution in [1.29, 1.82) is 0 Å². The van der Waals surface area contributed by atoms with Gasteiger partial charge in [0.05, 0.1) is 16.6 Å². The quantitative estimate of drug-likeness (QED) is 0.727. The van der Waals surface area contributed by atoms with Crippen molar-refractivity contribution in [3.05, 3.63) is 63.7 Å². The van der Waals surface area contributed by atoms with Gasteiger partial charge in [0.15, 0.2) is 0 Å². The van der Waals surface area contributed by atoms with E-state index in [2.05, 4.69) is 4.98 Å². The Hall–Kier alpha value is -2.70. The summed E-state index contributed by atoms with van der Waals surface area (Å²) in [4.78, 5) is 16.3. The second kappa shape index (κ2) is 5.01. The van der Waals surface area contributed by atoms with Crippen LogP contribution in [0.3, 0.4) is 0 Å². The van der Waals surface area contributed by atoms with Crippen molar-refractivity contribution < 1.29 is 9.62 Å². The van der Waals surface area contributed by atoms with E-state index in [0.717, 1.165) is 5.56 Å². The Labute approximate surface area is 119 Å². The lowest BCUT2D eigenvalue weighted by molar-refractivity contribution is 0.296. The van der Waals surface area contributed by atoms with Gasteiger partial charge >= 0.3 is 5.63 Å². The molecule has 6 nitrogen and oxygen atoms in total. The molecule has 0 bridgehead atoms. The molecular weight excluding hydrogens is 272 g/mol. The molecule has 0 atom stereocenters. The zero-order chi connectivity index (χ0) is 15.0. The van der Waals surface area contributed by atoms with Crippen molar-refractivity contribution in [3.63, 3.8) is 0 Å². The first-order chi connectivity index (χ1) is 10.0. The number of hydrogen-bond acceptors (Lipinski definition) is 6. The molecule has 0 fully saturated rings. The number of aryl methyl sites for hydroxylation is 1. The fourth-order valence-corrected chi connectivity index (χ4v) is 2.08. The van der Waals surface area contributed by atoms with Crippen LogP contribution in [0.5, 0.6) is 0 Å². The Kier molecular flexibility index (Phi) is 3.17. The summed E-state index contributed by atoms with van der Waals surface area (Å²) in [6, 6.07) is 11.5. The highest BCUT2D eigenvalue weighted by atomic mass is 16.8. The van der Waals surface area contributed by atoms with Crippen molar-refractivity contribution in [3.8, 4) is 11.5 Å². The van der Waals surface area contributed by atoms with Gasteiger partial charge < -0.3 is 14.9 Å². The first kappa shape index (κ1) is 13.3. The minimum atomic E-state index is -0.611. The molecule has 0 aliphatic carbocycles. The molecule has 3 rings (SSSR count). The zero-order valence-corrected chi connectivity index (χ0v) is 11.1. The van der Waals surface area contributed by atoms with E-state index in [-0.39, 0.29) is 22.2 Å². The summed E-state index contributed by atoms with van der Waals surface area (Å²) in [5.41, 5.74) is 1.45. The Morgan fingerprint density at radius 3 is 2.76 bits per heavy atom. The second-order valence-electron chi connectivity index (χ2n) is 4.65. The lowest BCUT2D eigenvalue weighted by Gasteiger charge is -2.21. The van der Waals surface area contributed by atoms with Crippen molar-refractivity contribution in [1.82, 2.24) is 4.98 Å². The number of fused-ring (bicyclic) bond motifs is 1. The molecule has 0 aliphatic heterocycles. The van der Waals surface area contributed by atoms with E-state index in [1.807, 2.05) is 25.1 Å². The van der Waals surface area contributed by atoms with Crippen LogP contribution in [-0.4, -0.2) is 10.2 Å². The summed E-state index contributed by atoms with van der Waals surface area (Å²) in [7, 11) is 0. The summed E-state index contributed by atoms with van der Waals surface area (Å²) in [6.07, 6.45) is 0. The number of aromatic nitrogens is 1. The van der Waals surface area contributed by atoms with Gasteiger partial charge in [-0.25, -0.2) is 9.78 Å². The maximum Gasteiger partial charge on any atom is 0.347 e. The van der Waals surface area contributed by atoms with Gasteiger partial charge in [-0.05, 0) is 37.3 Å². The van der Waals surface area contributed by atoms with Gasteiger partial charge in [0, 0.05) is 5.56 Å². The molecule has 1 heterocycles. The molecule has 0 aliphatic rings. The first-order valence-corrected chi connectivity index (χ1v) is 6.23. The summed E-state index contributed by atoms with van der Waals surface area (Å²) in [5, 5.41) is 19.5. The number of benzene rings is 2. The normalized spacial score (nSPS) is 10.8. The van der Waals surface area contributed by atoms with Gasteiger partial charge in [-0.2, -0.15) is 0 Å². The van der Waals surface area contributed by atoms with E-state index in [9.17, 15) is 10.0 Å². The smallest absolute Gasteiger partial charge is 0.347 e. The largest absolute Gasteiger partial charge is 0.733 e.